The van der Waals surface area contributed by atoms with E-state index in [-0.39, 0.29) is 17.9 Å². The second-order valence-electron chi connectivity index (χ2n) is 8.91. The third-order valence-electron chi connectivity index (χ3n) is 5.25. The van der Waals surface area contributed by atoms with E-state index >= 15 is 0 Å². The molecule has 31 heavy (non-hydrogen) atoms. The lowest BCUT2D eigenvalue weighted by Gasteiger charge is -2.24. The SMILES string of the molecule is Cc1n[nH]c(C)c1-c1ccc2sc(NC(=O)[C@H]3CCN(C(=O)OC(C)(C)C)C3)nc2c1. The van der Waals surface area contributed by atoms with E-state index in [9.17, 15) is 9.59 Å². The number of hydrogen-bond donors (Lipinski definition) is 2. The Hall–Kier alpha value is -2.94. The molecular weight excluding hydrogens is 414 g/mol. The Labute approximate surface area is 185 Å². The van der Waals surface area contributed by atoms with Gasteiger partial charge in [0, 0.05) is 24.3 Å². The number of rotatable bonds is 3. The molecule has 3 heterocycles. The summed E-state index contributed by atoms with van der Waals surface area (Å²) in [6.45, 7) is 10.3. The highest BCUT2D eigenvalue weighted by Crippen LogP contribution is 2.32. The first-order valence-corrected chi connectivity index (χ1v) is 11.1. The van der Waals surface area contributed by atoms with Crippen LogP contribution in [0.3, 0.4) is 0 Å². The number of aryl methyl sites for hydroxylation is 2. The van der Waals surface area contributed by atoms with E-state index in [1.165, 1.54) is 11.3 Å². The number of ether oxygens (including phenoxy) is 1. The molecule has 164 valence electrons. The van der Waals surface area contributed by atoms with Gasteiger partial charge in [0.1, 0.15) is 5.60 Å². The van der Waals surface area contributed by atoms with Crippen LogP contribution in [0.15, 0.2) is 18.2 Å². The molecule has 1 saturated heterocycles. The number of likely N-dealkylation sites (tertiary alicyclic amines) is 1. The van der Waals surface area contributed by atoms with Gasteiger partial charge in [-0.2, -0.15) is 5.10 Å². The quantitative estimate of drug-likeness (QED) is 0.623. The van der Waals surface area contributed by atoms with Gasteiger partial charge in [-0.3, -0.25) is 9.89 Å². The molecular formula is C22H27N5O3S. The Kier molecular flexibility index (Phi) is 5.47. The van der Waals surface area contributed by atoms with Crippen LogP contribution >= 0.6 is 11.3 Å². The van der Waals surface area contributed by atoms with E-state index in [4.69, 9.17) is 4.74 Å². The molecule has 4 rings (SSSR count). The van der Waals surface area contributed by atoms with Crippen molar-refractivity contribution in [2.45, 2.75) is 46.6 Å². The second-order valence-corrected chi connectivity index (χ2v) is 9.94. The zero-order valence-electron chi connectivity index (χ0n) is 18.4. The first-order valence-electron chi connectivity index (χ1n) is 10.3. The van der Waals surface area contributed by atoms with Gasteiger partial charge >= 0.3 is 6.09 Å². The molecule has 0 radical (unpaired) electrons. The number of nitrogens with zero attached hydrogens (tertiary/aromatic N) is 3. The fraction of sp³-hybridized carbons (Fsp3) is 0.455. The Morgan fingerprint density at radius 2 is 2.06 bits per heavy atom. The van der Waals surface area contributed by atoms with Crippen LogP contribution in [-0.4, -0.2) is 50.8 Å². The van der Waals surface area contributed by atoms with Crippen molar-refractivity contribution in [3.63, 3.8) is 0 Å². The average molecular weight is 442 g/mol. The Bertz CT molecular complexity index is 1120. The van der Waals surface area contributed by atoms with Gasteiger partial charge < -0.3 is 15.0 Å². The van der Waals surface area contributed by atoms with Crippen LogP contribution in [0.2, 0.25) is 0 Å². The van der Waals surface area contributed by atoms with Gasteiger partial charge in [-0.1, -0.05) is 17.4 Å². The maximum absolute atomic E-state index is 12.8. The molecule has 1 atom stereocenters. The number of hydrogen-bond acceptors (Lipinski definition) is 6. The zero-order valence-corrected chi connectivity index (χ0v) is 19.2. The standard InChI is InChI=1S/C22H27N5O3S/c1-12-18(13(2)26-25-12)14-6-7-17-16(10-14)23-20(31-17)24-19(28)15-8-9-27(11-15)21(29)30-22(3,4)5/h6-7,10,15H,8-9,11H2,1-5H3,(H,25,26)(H,23,24,28)/t15-/m0/s1. The van der Waals surface area contributed by atoms with Crippen molar-refractivity contribution in [2.24, 2.45) is 5.92 Å². The Balaban J connectivity index is 1.44. The molecule has 0 unspecified atom stereocenters. The first kappa shape index (κ1) is 21.3. The molecule has 1 aliphatic rings. The van der Waals surface area contributed by atoms with Crippen LogP contribution in [0.1, 0.15) is 38.6 Å². The minimum Gasteiger partial charge on any atom is -0.444 e. The smallest absolute Gasteiger partial charge is 0.410 e. The summed E-state index contributed by atoms with van der Waals surface area (Å²) in [6, 6.07) is 6.09. The summed E-state index contributed by atoms with van der Waals surface area (Å²) >= 11 is 1.44. The van der Waals surface area contributed by atoms with E-state index in [1.54, 1.807) is 4.90 Å². The molecule has 2 amide bonds. The van der Waals surface area contributed by atoms with E-state index in [0.717, 1.165) is 32.7 Å². The molecule has 2 N–H and O–H groups in total. The monoisotopic (exact) mass is 441 g/mol. The fourth-order valence-corrected chi connectivity index (χ4v) is 4.64. The molecule has 2 aromatic heterocycles. The van der Waals surface area contributed by atoms with Crippen molar-refractivity contribution in [3.8, 4) is 11.1 Å². The van der Waals surface area contributed by atoms with Gasteiger partial charge in [0.25, 0.3) is 0 Å². The number of fused-ring (bicyclic) bond motifs is 1. The number of aromatic amines is 1. The van der Waals surface area contributed by atoms with Gasteiger partial charge in [0.05, 0.1) is 21.8 Å². The van der Waals surface area contributed by atoms with Gasteiger partial charge in [0.15, 0.2) is 5.13 Å². The van der Waals surface area contributed by atoms with Crippen LogP contribution in [0, 0.1) is 19.8 Å². The molecule has 1 fully saturated rings. The predicted molar refractivity (Wildman–Crippen MR) is 121 cm³/mol. The predicted octanol–water partition coefficient (Wildman–Crippen LogP) is 4.50. The van der Waals surface area contributed by atoms with Crippen molar-refractivity contribution in [1.82, 2.24) is 20.1 Å². The van der Waals surface area contributed by atoms with Gasteiger partial charge in [-0.15, -0.1) is 0 Å². The van der Waals surface area contributed by atoms with E-state index in [2.05, 4.69) is 20.5 Å². The number of anilines is 1. The number of aromatic nitrogens is 3. The fourth-order valence-electron chi connectivity index (χ4n) is 3.79. The second kappa shape index (κ2) is 7.96. The summed E-state index contributed by atoms with van der Waals surface area (Å²) < 4.78 is 6.40. The maximum atomic E-state index is 12.8. The van der Waals surface area contributed by atoms with Crippen molar-refractivity contribution in [3.05, 3.63) is 29.6 Å². The van der Waals surface area contributed by atoms with Gasteiger partial charge in [0.2, 0.25) is 5.91 Å². The van der Waals surface area contributed by atoms with E-state index in [1.807, 2.05) is 52.8 Å². The molecule has 8 nitrogen and oxygen atoms in total. The van der Waals surface area contributed by atoms with Crippen LogP contribution in [-0.2, 0) is 9.53 Å². The number of carbonyl (C=O) groups is 2. The summed E-state index contributed by atoms with van der Waals surface area (Å²) in [6.07, 6.45) is 0.235. The summed E-state index contributed by atoms with van der Waals surface area (Å²) in [5.74, 6) is -0.391. The Morgan fingerprint density at radius 1 is 1.29 bits per heavy atom. The molecule has 0 saturated carbocycles. The van der Waals surface area contributed by atoms with E-state index in [0.29, 0.717) is 24.6 Å². The minimum atomic E-state index is -0.551. The van der Waals surface area contributed by atoms with Crippen molar-refractivity contribution < 1.29 is 14.3 Å². The highest BCUT2D eigenvalue weighted by molar-refractivity contribution is 7.22. The topological polar surface area (TPSA) is 100 Å². The number of carbonyl (C=O) groups excluding carboxylic acids is 2. The summed E-state index contributed by atoms with van der Waals surface area (Å²) in [4.78, 5) is 31.2. The number of amides is 2. The molecule has 1 aromatic carbocycles. The lowest BCUT2D eigenvalue weighted by atomic mass is 10.0. The van der Waals surface area contributed by atoms with Crippen LogP contribution in [0.5, 0.6) is 0 Å². The van der Waals surface area contributed by atoms with Crippen molar-refractivity contribution in [1.29, 1.82) is 0 Å². The van der Waals surface area contributed by atoms with E-state index < -0.39 is 5.60 Å². The molecule has 0 spiro atoms. The van der Waals surface area contributed by atoms with Crippen LogP contribution in [0.25, 0.3) is 21.3 Å². The number of thiazole rings is 1. The third-order valence-corrected chi connectivity index (χ3v) is 6.20. The summed E-state index contributed by atoms with van der Waals surface area (Å²) in [5, 5.41) is 10.8. The molecule has 0 bridgehead atoms. The first-order chi connectivity index (χ1) is 14.6. The number of H-pyrrole nitrogens is 1. The highest BCUT2D eigenvalue weighted by Gasteiger charge is 2.33. The Morgan fingerprint density at radius 3 is 2.74 bits per heavy atom. The van der Waals surface area contributed by atoms with Gasteiger partial charge in [-0.05, 0) is 58.7 Å². The highest BCUT2D eigenvalue weighted by atomic mass is 32.1. The molecule has 9 heteroatoms. The molecule has 3 aromatic rings. The number of benzene rings is 1. The third kappa shape index (κ3) is 4.56. The normalized spacial score (nSPS) is 16.7. The number of nitrogens with one attached hydrogen (secondary N) is 2. The summed E-state index contributed by atoms with van der Waals surface area (Å²) in [7, 11) is 0. The van der Waals surface area contributed by atoms with Crippen molar-refractivity contribution >= 4 is 38.7 Å². The van der Waals surface area contributed by atoms with Crippen molar-refractivity contribution in [2.75, 3.05) is 18.4 Å². The maximum Gasteiger partial charge on any atom is 0.410 e. The minimum absolute atomic E-state index is 0.119. The largest absolute Gasteiger partial charge is 0.444 e. The van der Waals surface area contributed by atoms with Crippen LogP contribution in [0.4, 0.5) is 9.93 Å². The summed E-state index contributed by atoms with van der Waals surface area (Å²) in [5.41, 5.74) is 4.36. The van der Waals surface area contributed by atoms with Gasteiger partial charge in [-0.25, -0.2) is 9.78 Å². The lowest BCUT2D eigenvalue weighted by molar-refractivity contribution is -0.119. The molecule has 0 aliphatic carbocycles. The lowest BCUT2D eigenvalue weighted by Crippen LogP contribution is -2.36. The average Bonchev–Trinajstić information content (AvgIpc) is 3.38. The molecule has 1 aliphatic heterocycles. The zero-order chi connectivity index (χ0) is 22.3. The van der Waals surface area contributed by atoms with Crippen LogP contribution < -0.4 is 5.32 Å².